The molecule has 1 amide bonds. The van der Waals surface area contributed by atoms with Gasteiger partial charge >= 0.3 is 0 Å². The summed E-state index contributed by atoms with van der Waals surface area (Å²) >= 11 is 0. The van der Waals surface area contributed by atoms with Gasteiger partial charge in [0.15, 0.2) is 0 Å². The fourth-order valence-corrected chi connectivity index (χ4v) is 1.19. The van der Waals surface area contributed by atoms with Gasteiger partial charge in [-0.2, -0.15) is 0 Å². The predicted octanol–water partition coefficient (Wildman–Crippen LogP) is -0.630. The third-order valence-electron chi connectivity index (χ3n) is 2.06. The maximum Gasteiger partial charge on any atom is 0.236 e. The number of nitrogens with two attached hydrogens (primary N) is 1. The van der Waals surface area contributed by atoms with E-state index < -0.39 is 6.04 Å². The highest BCUT2D eigenvalue weighted by molar-refractivity contribution is 5.81. The van der Waals surface area contributed by atoms with Gasteiger partial charge in [-0.3, -0.25) is 4.79 Å². The number of nitrogens with one attached hydrogen (secondary N) is 2. The van der Waals surface area contributed by atoms with Crippen molar-refractivity contribution in [2.75, 3.05) is 19.6 Å². The summed E-state index contributed by atoms with van der Waals surface area (Å²) in [6, 6.07) is -0.415. The number of rotatable bonds is 3. The minimum Gasteiger partial charge on any atom is -0.351 e. The minimum atomic E-state index is -0.415. The van der Waals surface area contributed by atoms with Gasteiger partial charge in [-0.1, -0.05) is 11.6 Å². The van der Waals surface area contributed by atoms with Crippen LogP contribution in [0.15, 0.2) is 11.6 Å². The monoisotopic (exact) mass is 183 g/mol. The molecule has 0 aromatic carbocycles. The van der Waals surface area contributed by atoms with Crippen molar-refractivity contribution in [3.8, 4) is 0 Å². The van der Waals surface area contributed by atoms with Crippen molar-refractivity contribution in [3.05, 3.63) is 11.6 Å². The van der Waals surface area contributed by atoms with E-state index in [1.165, 1.54) is 5.57 Å². The molecule has 1 aliphatic rings. The molecule has 1 aliphatic heterocycles. The van der Waals surface area contributed by atoms with Crippen molar-refractivity contribution in [2.24, 2.45) is 5.73 Å². The third kappa shape index (κ3) is 3.57. The fourth-order valence-electron chi connectivity index (χ4n) is 1.19. The Morgan fingerprint density at radius 3 is 3.15 bits per heavy atom. The van der Waals surface area contributed by atoms with E-state index in [0.29, 0.717) is 6.54 Å². The summed E-state index contributed by atoms with van der Waals surface area (Å²) < 4.78 is 0. The lowest BCUT2D eigenvalue weighted by molar-refractivity contribution is -0.121. The Hall–Kier alpha value is -0.870. The second-order valence-electron chi connectivity index (χ2n) is 3.32. The molecule has 0 unspecified atom stereocenters. The van der Waals surface area contributed by atoms with Crippen LogP contribution in [0.2, 0.25) is 0 Å². The summed E-state index contributed by atoms with van der Waals surface area (Å²) in [6.07, 6.45) is 3.13. The Labute approximate surface area is 78.6 Å². The molecular formula is C9H17N3O. The van der Waals surface area contributed by atoms with Crippen LogP contribution in [0, 0.1) is 0 Å². The zero-order chi connectivity index (χ0) is 9.68. The van der Waals surface area contributed by atoms with Crippen LogP contribution >= 0.6 is 0 Å². The molecule has 0 aromatic heterocycles. The van der Waals surface area contributed by atoms with Gasteiger partial charge in [0.1, 0.15) is 0 Å². The van der Waals surface area contributed by atoms with Crippen LogP contribution in [0.5, 0.6) is 0 Å². The van der Waals surface area contributed by atoms with Crippen LogP contribution < -0.4 is 16.4 Å². The van der Waals surface area contributed by atoms with Gasteiger partial charge in [-0.25, -0.2) is 0 Å². The van der Waals surface area contributed by atoms with E-state index in [4.69, 9.17) is 5.73 Å². The standard InChI is InChI=1S/C9H17N3O/c1-7(10)9(13)12-6-8-2-4-11-5-3-8/h2,7,11H,3-6,10H2,1H3,(H,12,13)/t7-/m1/s1. The number of carbonyl (C=O) groups is 1. The lowest BCUT2D eigenvalue weighted by Crippen LogP contribution is -2.39. The molecule has 0 spiro atoms. The molecule has 0 radical (unpaired) electrons. The van der Waals surface area contributed by atoms with Gasteiger partial charge in [0, 0.05) is 13.1 Å². The Balaban J connectivity index is 2.25. The Morgan fingerprint density at radius 1 is 1.85 bits per heavy atom. The summed E-state index contributed by atoms with van der Waals surface area (Å²) in [5, 5.41) is 6.00. The summed E-state index contributed by atoms with van der Waals surface area (Å²) in [5.74, 6) is -0.0839. The fraction of sp³-hybridized carbons (Fsp3) is 0.667. The molecule has 0 saturated carbocycles. The van der Waals surface area contributed by atoms with Crippen LogP contribution in [-0.4, -0.2) is 31.6 Å². The number of amides is 1. The summed E-state index contributed by atoms with van der Waals surface area (Å²) in [6.45, 7) is 4.23. The largest absolute Gasteiger partial charge is 0.351 e. The summed E-state index contributed by atoms with van der Waals surface area (Å²) in [7, 11) is 0. The van der Waals surface area contributed by atoms with E-state index in [1.807, 2.05) is 0 Å². The van der Waals surface area contributed by atoms with Crippen molar-refractivity contribution in [2.45, 2.75) is 19.4 Å². The Bertz CT molecular complexity index is 211. The number of hydrogen-bond donors (Lipinski definition) is 3. The average molecular weight is 183 g/mol. The van der Waals surface area contributed by atoms with Gasteiger partial charge in [-0.15, -0.1) is 0 Å². The SMILES string of the molecule is C[C@@H](N)C(=O)NCC1=CCNCC1. The van der Waals surface area contributed by atoms with E-state index in [2.05, 4.69) is 16.7 Å². The quantitative estimate of drug-likeness (QED) is 0.510. The molecule has 4 nitrogen and oxygen atoms in total. The van der Waals surface area contributed by atoms with Crippen LogP contribution in [0.1, 0.15) is 13.3 Å². The zero-order valence-electron chi connectivity index (χ0n) is 7.97. The van der Waals surface area contributed by atoms with Crippen molar-refractivity contribution >= 4 is 5.91 Å². The van der Waals surface area contributed by atoms with Crippen molar-refractivity contribution < 1.29 is 4.79 Å². The van der Waals surface area contributed by atoms with Gasteiger partial charge in [-0.05, 0) is 19.9 Å². The normalized spacial score (nSPS) is 19.1. The van der Waals surface area contributed by atoms with Gasteiger partial charge in [0.25, 0.3) is 0 Å². The van der Waals surface area contributed by atoms with Crippen molar-refractivity contribution in [1.29, 1.82) is 0 Å². The van der Waals surface area contributed by atoms with Crippen LogP contribution in [0.4, 0.5) is 0 Å². The van der Waals surface area contributed by atoms with Crippen molar-refractivity contribution in [3.63, 3.8) is 0 Å². The first kappa shape index (κ1) is 10.2. The summed E-state index contributed by atoms with van der Waals surface area (Å²) in [4.78, 5) is 11.1. The first-order valence-electron chi connectivity index (χ1n) is 4.62. The highest BCUT2D eigenvalue weighted by Crippen LogP contribution is 2.01. The Kier molecular flexibility index (Phi) is 3.92. The van der Waals surface area contributed by atoms with E-state index >= 15 is 0 Å². The molecule has 0 aliphatic carbocycles. The third-order valence-corrected chi connectivity index (χ3v) is 2.06. The molecule has 0 aromatic rings. The molecule has 74 valence electrons. The first-order valence-corrected chi connectivity index (χ1v) is 4.62. The van der Waals surface area contributed by atoms with Crippen molar-refractivity contribution in [1.82, 2.24) is 10.6 Å². The minimum absolute atomic E-state index is 0.0839. The molecule has 1 atom stereocenters. The number of carbonyl (C=O) groups excluding carboxylic acids is 1. The van der Waals surface area contributed by atoms with E-state index in [9.17, 15) is 4.79 Å². The van der Waals surface area contributed by atoms with Crippen LogP contribution in [-0.2, 0) is 4.79 Å². The lowest BCUT2D eigenvalue weighted by atomic mass is 10.1. The highest BCUT2D eigenvalue weighted by atomic mass is 16.2. The molecule has 1 rings (SSSR count). The lowest BCUT2D eigenvalue weighted by Gasteiger charge is -2.15. The maximum absolute atomic E-state index is 11.1. The van der Waals surface area contributed by atoms with E-state index in [0.717, 1.165) is 19.5 Å². The average Bonchev–Trinajstić information content (AvgIpc) is 2.15. The summed E-state index contributed by atoms with van der Waals surface area (Å²) in [5.41, 5.74) is 6.69. The Morgan fingerprint density at radius 2 is 2.62 bits per heavy atom. The molecule has 13 heavy (non-hydrogen) atoms. The molecular weight excluding hydrogens is 166 g/mol. The smallest absolute Gasteiger partial charge is 0.236 e. The molecule has 0 bridgehead atoms. The highest BCUT2D eigenvalue weighted by Gasteiger charge is 2.08. The van der Waals surface area contributed by atoms with Gasteiger partial charge < -0.3 is 16.4 Å². The van der Waals surface area contributed by atoms with E-state index in [1.54, 1.807) is 6.92 Å². The van der Waals surface area contributed by atoms with E-state index in [-0.39, 0.29) is 5.91 Å². The number of hydrogen-bond acceptors (Lipinski definition) is 3. The molecule has 4 N–H and O–H groups in total. The topological polar surface area (TPSA) is 67.2 Å². The first-order chi connectivity index (χ1) is 6.20. The second kappa shape index (κ2) is 4.99. The van der Waals surface area contributed by atoms with Gasteiger partial charge in [0.2, 0.25) is 5.91 Å². The van der Waals surface area contributed by atoms with Gasteiger partial charge in [0.05, 0.1) is 6.04 Å². The zero-order valence-corrected chi connectivity index (χ0v) is 7.97. The molecule has 0 fully saturated rings. The molecule has 0 saturated heterocycles. The molecule has 4 heteroatoms. The second-order valence-corrected chi connectivity index (χ2v) is 3.32. The molecule has 1 heterocycles. The predicted molar refractivity (Wildman–Crippen MR) is 52.2 cm³/mol. The van der Waals surface area contributed by atoms with Crippen LogP contribution in [0.3, 0.4) is 0 Å². The van der Waals surface area contributed by atoms with Crippen LogP contribution in [0.25, 0.3) is 0 Å². The maximum atomic E-state index is 11.1.